The molecule has 0 bridgehead atoms. The predicted molar refractivity (Wildman–Crippen MR) is 115 cm³/mol. The Morgan fingerprint density at radius 3 is 2.34 bits per heavy atom. The Morgan fingerprint density at radius 1 is 1.00 bits per heavy atom. The van der Waals surface area contributed by atoms with Crippen molar-refractivity contribution in [1.82, 2.24) is 0 Å². The fraction of sp³-hybridized carbons (Fsp3) is 0.400. The highest BCUT2D eigenvalue weighted by molar-refractivity contribution is 5.64. The second-order valence-electron chi connectivity index (χ2n) is 8.01. The van der Waals surface area contributed by atoms with E-state index in [9.17, 15) is 5.21 Å². The number of hydrogen-bond acceptors (Lipinski definition) is 3. The van der Waals surface area contributed by atoms with Crippen LogP contribution in [-0.2, 0) is 9.57 Å². The molecule has 0 N–H and O–H groups in total. The zero-order chi connectivity index (χ0) is 20.1. The maximum absolute atomic E-state index is 12.3. The normalized spacial score (nSPS) is 29.5. The van der Waals surface area contributed by atoms with Crippen molar-refractivity contribution in [1.29, 1.82) is 0 Å². The number of hydrogen-bond donors (Lipinski definition) is 0. The van der Waals surface area contributed by atoms with Crippen LogP contribution in [0.2, 0.25) is 0 Å². The van der Waals surface area contributed by atoms with Gasteiger partial charge < -0.3 is 9.57 Å². The maximum Gasteiger partial charge on any atom is 0.218 e. The quantitative estimate of drug-likeness (QED) is 0.478. The zero-order valence-electron chi connectivity index (χ0n) is 16.7. The highest BCUT2D eigenvalue weighted by atomic mass is 16.9. The van der Waals surface area contributed by atoms with Crippen LogP contribution >= 0.6 is 0 Å². The SMILES string of the molecule is C=CC[C@@H]1[C@@H](O[C@@H]2CCCC[C@H]2c2ccccc2)O[N+]([O-])=C[C@@H]1c1ccccc1. The molecule has 2 aromatic rings. The van der Waals surface area contributed by atoms with Crippen molar-refractivity contribution < 1.29 is 14.5 Å². The summed E-state index contributed by atoms with van der Waals surface area (Å²) in [7, 11) is 0. The van der Waals surface area contributed by atoms with Crippen molar-refractivity contribution in [3.05, 3.63) is 89.7 Å². The number of rotatable bonds is 6. The van der Waals surface area contributed by atoms with Gasteiger partial charge in [-0.15, -0.1) is 6.58 Å². The minimum atomic E-state index is -0.588. The molecule has 0 unspecified atom stereocenters. The Labute approximate surface area is 173 Å². The molecule has 29 heavy (non-hydrogen) atoms. The van der Waals surface area contributed by atoms with E-state index in [1.54, 1.807) is 6.21 Å². The number of benzene rings is 2. The van der Waals surface area contributed by atoms with Gasteiger partial charge in [0.15, 0.2) is 6.29 Å². The number of ether oxygens (including phenoxy) is 1. The van der Waals surface area contributed by atoms with Gasteiger partial charge in [-0.1, -0.05) is 79.6 Å². The van der Waals surface area contributed by atoms with Crippen LogP contribution < -0.4 is 0 Å². The third-order valence-corrected chi connectivity index (χ3v) is 6.16. The van der Waals surface area contributed by atoms with E-state index in [0.29, 0.717) is 10.8 Å². The van der Waals surface area contributed by atoms with E-state index in [-0.39, 0.29) is 17.9 Å². The summed E-state index contributed by atoms with van der Waals surface area (Å²) < 4.78 is 6.55. The van der Waals surface area contributed by atoms with Gasteiger partial charge in [0.25, 0.3) is 0 Å². The summed E-state index contributed by atoms with van der Waals surface area (Å²) in [6.45, 7) is 3.93. The molecule has 1 saturated carbocycles. The van der Waals surface area contributed by atoms with Crippen molar-refractivity contribution in [3.63, 3.8) is 0 Å². The fourth-order valence-corrected chi connectivity index (χ4v) is 4.72. The Bertz CT molecular complexity index is 820. The number of nitrogens with zero attached hydrogens (tertiary/aromatic N) is 1. The van der Waals surface area contributed by atoms with Crippen LogP contribution in [0, 0.1) is 11.1 Å². The smallest absolute Gasteiger partial charge is 0.218 e. The fourth-order valence-electron chi connectivity index (χ4n) is 4.72. The van der Waals surface area contributed by atoms with Gasteiger partial charge in [0, 0.05) is 16.7 Å². The lowest BCUT2D eigenvalue weighted by atomic mass is 9.80. The van der Waals surface area contributed by atoms with Crippen molar-refractivity contribution >= 4 is 6.21 Å². The molecular formula is C25H29NO3. The molecule has 4 rings (SSSR count). The molecular weight excluding hydrogens is 362 g/mol. The van der Waals surface area contributed by atoms with Crippen LogP contribution in [0.1, 0.15) is 55.1 Å². The average Bonchev–Trinajstić information content (AvgIpc) is 2.77. The summed E-state index contributed by atoms with van der Waals surface area (Å²) in [5.41, 5.74) is 2.40. The lowest BCUT2D eigenvalue weighted by Crippen LogP contribution is -2.43. The molecule has 5 atom stereocenters. The van der Waals surface area contributed by atoms with Crippen molar-refractivity contribution in [2.45, 2.75) is 56.3 Å². The van der Waals surface area contributed by atoms with E-state index in [1.165, 1.54) is 12.0 Å². The van der Waals surface area contributed by atoms with Gasteiger partial charge >= 0.3 is 0 Å². The molecule has 2 aliphatic rings. The third-order valence-electron chi connectivity index (χ3n) is 6.16. The molecule has 1 fully saturated rings. The van der Waals surface area contributed by atoms with E-state index >= 15 is 0 Å². The van der Waals surface area contributed by atoms with Crippen LogP contribution in [0.4, 0.5) is 0 Å². The minimum absolute atomic E-state index is 0.0125. The van der Waals surface area contributed by atoms with Crippen LogP contribution in [0.15, 0.2) is 73.3 Å². The average molecular weight is 392 g/mol. The molecule has 1 aliphatic carbocycles. The first-order valence-corrected chi connectivity index (χ1v) is 10.6. The molecule has 1 heterocycles. The molecule has 0 aromatic heterocycles. The summed E-state index contributed by atoms with van der Waals surface area (Å²) in [5.74, 6) is 0.279. The highest BCUT2D eigenvalue weighted by Gasteiger charge is 2.39. The Kier molecular flexibility index (Phi) is 6.30. The van der Waals surface area contributed by atoms with Gasteiger partial charge in [0.2, 0.25) is 6.21 Å². The second kappa shape index (κ2) is 9.27. The lowest BCUT2D eigenvalue weighted by Gasteiger charge is -2.40. The molecule has 2 aromatic carbocycles. The summed E-state index contributed by atoms with van der Waals surface area (Å²) in [4.78, 5) is 6.23. The summed E-state index contributed by atoms with van der Waals surface area (Å²) in [6.07, 6.45) is 8.11. The van der Waals surface area contributed by atoms with E-state index in [0.717, 1.165) is 31.2 Å². The van der Waals surface area contributed by atoms with E-state index in [2.05, 4.69) is 43.0 Å². The molecule has 0 amide bonds. The summed E-state index contributed by atoms with van der Waals surface area (Å²) in [6, 6.07) is 20.7. The molecule has 0 radical (unpaired) electrons. The monoisotopic (exact) mass is 391 g/mol. The summed E-state index contributed by atoms with van der Waals surface area (Å²) >= 11 is 0. The summed E-state index contributed by atoms with van der Waals surface area (Å²) in [5, 5.41) is 12.3. The molecule has 152 valence electrons. The second-order valence-corrected chi connectivity index (χ2v) is 8.01. The number of allylic oxidation sites excluding steroid dienone is 1. The van der Waals surface area contributed by atoms with Crippen molar-refractivity contribution in [2.24, 2.45) is 5.92 Å². The first-order valence-electron chi connectivity index (χ1n) is 10.6. The van der Waals surface area contributed by atoms with E-state index in [4.69, 9.17) is 9.57 Å². The standard InChI is InChI=1S/C25H29NO3/c1-2-11-22-23(20-14-7-4-8-15-20)18-26(27)29-25(22)28-24-17-10-9-16-21(24)19-12-5-3-6-13-19/h2-8,12-15,18,21-25H,1,9-11,16-17H2/t21-,22-,23+,24+,25-/m0/s1. The predicted octanol–water partition coefficient (Wildman–Crippen LogP) is 5.56. The van der Waals surface area contributed by atoms with Crippen LogP contribution in [0.5, 0.6) is 0 Å². The van der Waals surface area contributed by atoms with Crippen molar-refractivity contribution in [2.75, 3.05) is 0 Å². The highest BCUT2D eigenvalue weighted by Crippen LogP contribution is 2.39. The largest absolute Gasteiger partial charge is 0.372 e. The van der Waals surface area contributed by atoms with Gasteiger partial charge in [0.05, 0.1) is 12.0 Å². The minimum Gasteiger partial charge on any atom is -0.372 e. The third kappa shape index (κ3) is 4.54. The van der Waals surface area contributed by atoms with Gasteiger partial charge in [-0.25, -0.2) is 0 Å². The lowest BCUT2D eigenvalue weighted by molar-refractivity contribution is -0.772. The maximum atomic E-state index is 12.3. The van der Waals surface area contributed by atoms with Gasteiger partial charge in [0.1, 0.15) is 0 Å². The topological polar surface area (TPSA) is 44.5 Å². The van der Waals surface area contributed by atoms with Gasteiger partial charge in [-0.2, -0.15) is 0 Å². The Morgan fingerprint density at radius 2 is 1.66 bits per heavy atom. The molecule has 4 nitrogen and oxygen atoms in total. The van der Waals surface area contributed by atoms with Gasteiger partial charge in [-0.05, 0) is 30.4 Å². The molecule has 1 aliphatic heterocycles. The van der Waals surface area contributed by atoms with Crippen LogP contribution in [0.25, 0.3) is 0 Å². The molecule has 4 heteroatoms. The first kappa shape index (κ1) is 19.7. The Balaban J connectivity index is 1.58. The van der Waals surface area contributed by atoms with Crippen LogP contribution in [-0.4, -0.2) is 23.5 Å². The van der Waals surface area contributed by atoms with Gasteiger partial charge in [-0.3, -0.25) is 5.21 Å². The molecule has 0 spiro atoms. The first-order chi connectivity index (χ1) is 14.3. The van der Waals surface area contributed by atoms with E-state index in [1.807, 2.05) is 30.3 Å². The van der Waals surface area contributed by atoms with E-state index < -0.39 is 6.29 Å². The zero-order valence-corrected chi connectivity index (χ0v) is 16.7. The van der Waals surface area contributed by atoms with Crippen LogP contribution in [0.3, 0.4) is 0 Å². The van der Waals surface area contributed by atoms with Crippen molar-refractivity contribution in [3.8, 4) is 0 Å². The molecule has 0 saturated heterocycles. The Hall–Kier alpha value is -2.59.